The Bertz CT molecular complexity index is 475. The van der Waals surface area contributed by atoms with E-state index in [0.717, 1.165) is 12.1 Å². The second-order valence-electron chi connectivity index (χ2n) is 3.77. The van der Waals surface area contributed by atoms with Gasteiger partial charge in [0.1, 0.15) is 6.10 Å². The highest BCUT2D eigenvalue weighted by Crippen LogP contribution is 2.36. The Hall–Kier alpha value is -1.12. The fourth-order valence-electron chi connectivity index (χ4n) is 1.48. The van der Waals surface area contributed by atoms with Crippen LogP contribution in [0.3, 0.4) is 0 Å². The third-order valence-electron chi connectivity index (χ3n) is 2.45. The van der Waals surface area contributed by atoms with E-state index in [9.17, 15) is 28.2 Å². The standard InChI is InChI=1S/C11H10BrF3O4/c12-4-8(16)9(17)6-2-1-5(10(18)19)3-7(6)11(13,14)15/h1-3,8-9,16-17H,4H2,(H,18,19). The van der Waals surface area contributed by atoms with Crippen LogP contribution in [-0.4, -0.2) is 32.7 Å². The number of aliphatic hydroxyl groups excluding tert-OH is 2. The van der Waals surface area contributed by atoms with Crippen LogP contribution in [-0.2, 0) is 6.18 Å². The lowest BCUT2D eigenvalue weighted by atomic mass is 9.96. The van der Waals surface area contributed by atoms with Crippen molar-refractivity contribution in [1.29, 1.82) is 0 Å². The minimum absolute atomic E-state index is 0.119. The molecule has 0 heterocycles. The van der Waals surface area contributed by atoms with Crippen molar-refractivity contribution >= 4 is 21.9 Å². The van der Waals surface area contributed by atoms with E-state index >= 15 is 0 Å². The molecule has 0 aromatic heterocycles. The van der Waals surface area contributed by atoms with Gasteiger partial charge in [-0.05, 0) is 17.7 Å². The Morgan fingerprint density at radius 2 is 1.89 bits per heavy atom. The zero-order chi connectivity index (χ0) is 14.8. The largest absolute Gasteiger partial charge is 0.478 e. The number of hydrogen-bond donors (Lipinski definition) is 3. The van der Waals surface area contributed by atoms with E-state index in [1.54, 1.807) is 0 Å². The lowest BCUT2D eigenvalue weighted by Crippen LogP contribution is -2.23. The van der Waals surface area contributed by atoms with E-state index in [0.29, 0.717) is 6.07 Å². The van der Waals surface area contributed by atoms with Gasteiger partial charge in [0.15, 0.2) is 0 Å². The molecule has 0 spiro atoms. The topological polar surface area (TPSA) is 77.8 Å². The highest BCUT2D eigenvalue weighted by Gasteiger charge is 2.37. The van der Waals surface area contributed by atoms with Crippen molar-refractivity contribution in [3.8, 4) is 0 Å². The molecule has 0 radical (unpaired) electrons. The van der Waals surface area contributed by atoms with Crippen molar-refractivity contribution in [3.05, 3.63) is 34.9 Å². The molecule has 2 unspecified atom stereocenters. The predicted molar refractivity (Wildman–Crippen MR) is 63.2 cm³/mol. The first-order valence-corrected chi connectivity index (χ1v) is 6.17. The fourth-order valence-corrected chi connectivity index (χ4v) is 1.84. The van der Waals surface area contributed by atoms with Gasteiger partial charge in [-0.15, -0.1) is 0 Å². The van der Waals surface area contributed by atoms with Crippen molar-refractivity contribution in [3.63, 3.8) is 0 Å². The summed E-state index contributed by atoms with van der Waals surface area (Å²) in [6.07, 6.45) is -8.02. The Morgan fingerprint density at radius 1 is 1.32 bits per heavy atom. The van der Waals surface area contributed by atoms with E-state index in [-0.39, 0.29) is 5.33 Å². The maximum Gasteiger partial charge on any atom is 0.416 e. The second-order valence-corrected chi connectivity index (χ2v) is 4.42. The van der Waals surface area contributed by atoms with E-state index in [2.05, 4.69) is 15.9 Å². The number of aromatic carboxylic acids is 1. The Labute approximate surface area is 114 Å². The number of aliphatic hydroxyl groups is 2. The van der Waals surface area contributed by atoms with Gasteiger partial charge in [0.05, 0.1) is 17.2 Å². The normalized spacial score (nSPS) is 15.1. The smallest absolute Gasteiger partial charge is 0.416 e. The molecule has 8 heteroatoms. The highest BCUT2D eigenvalue weighted by molar-refractivity contribution is 9.09. The zero-order valence-corrected chi connectivity index (χ0v) is 10.9. The first-order chi connectivity index (χ1) is 8.68. The van der Waals surface area contributed by atoms with Gasteiger partial charge >= 0.3 is 12.1 Å². The molecule has 0 saturated carbocycles. The lowest BCUT2D eigenvalue weighted by Gasteiger charge is -2.21. The molecule has 0 bridgehead atoms. The summed E-state index contributed by atoms with van der Waals surface area (Å²) in [6.45, 7) is 0. The van der Waals surface area contributed by atoms with E-state index in [1.165, 1.54) is 0 Å². The number of benzene rings is 1. The summed E-state index contributed by atoms with van der Waals surface area (Å²) in [5.74, 6) is -1.51. The highest BCUT2D eigenvalue weighted by atomic mass is 79.9. The number of hydrogen-bond acceptors (Lipinski definition) is 3. The molecule has 1 aromatic rings. The van der Waals surface area contributed by atoms with Crippen molar-refractivity contribution in [1.82, 2.24) is 0 Å². The molecule has 0 saturated heterocycles. The van der Waals surface area contributed by atoms with Crippen molar-refractivity contribution in [2.45, 2.75) is 18.4 Å². The average Bonchev–Trinajstić information content (AvgIpc) is 2.35. The summed E-state index contributed by atoms with van der Waals surface area (Å²) in [6, 6.07) is 2.22. The van der Waals surface area contributed by atoms with Crippen LogP contribution in [0, 0.1) is 0 Å². The summed E-state index contributed by atoms with van der Waals surface area (Å²) in [5, 5.41) is 27.6. The number of halogens is 4. The van der Waals surface area contributed by atoms with Gasteiger partial charge in [-0.25, -0.2) is 4.79 Å². The first-order valence-electron chi connectivity index (χ1n) is 5.05. The van der Waals surface area contributed by atoms with Crippen LogP contribution in [0.5, 0.6) is 0 Å². The first kappa shape index (κ1) is 15.9. The van der Waals surface area contributed by atoms with Gasteiger partial charge in [-0.2, -0.15) is 13.2 Å². The number of alkyl halides is 4. The van der Waals surface area contributed by atoms with Crippen LogP contribution >= 0.6 is 15.9 Å². The minimum atomic E-state index is -4.83. The Morgan fingerprint density at radius 3 is 2.32 bits per heavy atom. The van der Waals surface area contributed by atoms with E-state index in [1.807, 2.05) is 0 Å². The van der Waals surface area contributed by atoms with E-state index in [4.69, 9.17) is 5.11 Å². The molecule has 106 valence electrons. The van der Waals surface area contributed by atoms with Crippen molar-refractivity contribution in [2.24, 2.45) is 0 Å². The third-order valence-corrected chi connectivity index (χ3v) is 3.11. The van der Waals surface area contributed by atoms with Gasteiger partial charge in [0, 0.05) is 5.33 Å². The summed E-state index contributed by atoms with van der Waals surface area (Å²) in [4.78, 5) is 10.7. The molecule has 19 heavy (non-hydrogen) atoms. The van der Waals surface area contributed by atoms with Gasteiger partial charge in [-0.1, -0.05) is 22.0 Å². The molecule has 1 aromatic carbocycles. The maximum absolute atomic E-state index is 12.8. The number of carboxylic acids is 1. The van der Waals surface area contributed by atoms with Crippen LogP contribution in [0.1, 0.15) is 27.6 Å². The molecule has 0 aliphatic rings. The average molecular weight is 343 g/mol. The van der Waals surface area contributed by atoms with Crippen molar-refractivity contribution < 1.29 is 33.3 Å². The molecule has 2 atom stereocenters. The predicted octanol–water partition coefficient (Wildman–Crippen LogP) is 2.19. The molecular weight excluding hydrogens is 333 g/mol. The van der Waals surface area contributed by atoms with Crippen LogP contribution < -0.4 is 0 Å². The van der Waals surface area contributed by atoms with Gasteiger partial charge in [0.2, 0.25) is 0 Å². The van der Waals surface area contributed by atoms with Crippen LogP contribution in [0.25, 0.3) is 0 Å². The summed E-state index contributed by atoms with van der Waals surface area (Å²) in [5.41, 5.74) is -2.39. The second kappa shape index (κ2) is 5.89. The molecule has 0 fully saturated rings. The molecule has 0 aliphatic carbocycles. The maximum atomic E-state index is 12.8. The fraction of sp³-hybridized carbons (Fsp3) is 0.364. The summed E-state index contributed by atoms with van der Waals surface area (Å²) < 4.78 is 38.5. The lowest BCUT2D eigenvalue weighted by molar-refractivity contribution is -0.139. The molecule has 4 nitrogen and oxygen atoms in total. The number of carbonyl (C=O) groups is 1. The van der Waals surface area contributed by atoms with Crippen LogP contribution in [0.2, 0.25) is 0 Å². The monoisotopic (exact) mass is 342 g/mol. The third kappa shape index (κ3) is 3.68. The Balaban J connectivity index is 3.36. The van der Waals surface area contributed by atoms with Crippen LogP contribution in [0.15, 0.2) is 18.2 Å². The van der Waals surface area contributed by atoms with E-state index < -0.39 is 41.0 Å². The molecule has 0 aliphatic heterocycles. The quantitative estimate of drug-likeness (QED) is 0.733. The Kier molecular flexibility index (Phi) is 4.94. The molecular formula is C11H10BrF3O4. The molecule has 0 amide bonds. The SMILES string of the molecule is O=C(O)c1ccc(C(O)C(O)CBr)c(C(F)(F)F)c1. The number of rotatable bonds is 4. The number of carboxylic acid groups (broad SMARTS) is 1. The molecule has 1 rings (SSSR count). The minimum Gasteiger partial charge on any atom is -0.478 e. The summed E-state index contributed by atoms with van der Waals surface area (Å²) in [7, 11) is 0. The zero-order valence-electron chi connectivity index (χ0n) is 9.36. The van der Waals surface area contributed by atoms with Gasteiger partial charge in [0.25, 0.3) is 0 Å². The van der Waals surface area contributed by atoms with Crippen LogP contribution in [0.4, 0.5) is 13.2 Å². The van der Waals surface area contributed by atoms with Gasteiger partial charge < -0.3 is 15.3 Å². The summed E-state index contributed by atoms with van der Waals surface area (Å²) >= 11 is 2.84. The van der Waals surface area contributed by atoms with Gasteiger partial charge in [-0.3, -0.25) is 0 Å². The molecule has 3 N–H and O–H groups in total. The van der Waals surface area contributed by atoms with Crippen molar-refractivity contribution in [2.75, 3.05) is 5.33 Å².